The molecule has 0 aromatic rings. The first-order valence-corrected chi connectivity index (χ1v) is 10.4. The summed E-state index contributed by atoms with van der Waals surface area (Å²) in [5, 5.41) is 0. The van der Waals surface area contributed by atoms with Crippen molar-refractivity contribution in [3.63, 3.8) is 0 Å². The maximum absolute atomic E-state index is 6.19. The maximum atomic E-state index is 6.19. The molecule has 6 atom stereocenters. The van der Waals surface area contributed by atoms with E-state index in [1.165, 1.54) is 38.5 Å². The number of hydrogen-bond donors (Lipinski definition) is 0. The minimum Gasteiger partial charge on any atom is -0.409 e. The predicted molar refractivity (Wildman–Crippen MR) is 95.3 cm³/mol. The highest BCUT2D eigenvalue weighted by molar-refractivity contribution is 6.47. The zero-order chi connectivity index (χ0) is 16.6. The van der Waals surface area contributed by atoms with Gasteiger partial charge in [-0.3, -0.25) is 0 Å². The Morgan fingerprint density at radius 1 is 0.560 bits per heavy atom. The number of fused-ring (bicyclic) bond motifs is 3. The van der Waals surface area contributed by atoms with Gasteiger partial charge in [-0.1, -0.05) is 25.7 Å². The third-order valence-electron chi connectivity index (χ3n) is 7.44. The van der Waals surface area contributed by atoms with Gasteiger partial charge in [-0.2, -0.15) is 0 Å². The van der Waals surface area contributed by atoms with Crippen molar-refractivity contribution in [3.8, 4) is 0 Å². The molecule has 0 N–H and O–H groups in total. The summed E-state index contributed by atoms with van der Waals surface area (Å²) >= 11 is 0. The van der Waals surface area contributed by atoms with Gasteiger partial charge in [-0.25, -0.2) is 0 Å². The van der Waals surface area contributed by atoms with E-state index in [1.807, 2.05) is 0 Å². The van der Waals surface area contributed by atoms with Gasteiger partial charge in [0, 0.05) is 13.2 Å². The molecule has 0 radical (unpaired) electrons. The zero-order valence-corrected chi connectivity index (χ0v) is 15.1. The Morgan fingerprint density at radius 3 is 1.44 bits per heavy atom. The van der Waals surface area contributed by atoms with E-state index in [-0.39, 0.29) is 14.2 Å². The molecule has 2 aliphatic carbocycles. The molecule has 5 rings (SSSR count). The molecular formula is C18H30B2O5. The summed E-state index contributed by atoms with van der Waals surface area (Å²) < 4.78 is 29.4. The minimum absolute atomic E-state index is 0.0485. The monoisotopic (exact) mass is 348 g/mol. The SMILES string of the molecule is C1COB(C2CCC3C(COCC4CC(B5OCCO5)CCC43)C2)O1. The Labute approximate surface area is 151 Å². The molecule has 3 heterocycles. The lowest BCUT2D eigenvalue weighted by atomic mass is 9.53. The molecule has 0 spiro atoms. The summed E-state index contributed by atoms with van der Waals surface area (Å²) in [6.45, 7) is 4.93. The Bertz CT molecular complexity index is 415. The smallest absolute Gasteiger partial charge is 0.409 e. The largest absolute Gasteiger partial charge is 0.460 e. The quantitative estimate of drug-likeness (QED) is 0.718. The molecule has 2 saturated carbocycles. The summed E-state index contributed by atoms with van der Waals surface area (Å²) in [6, 6.07) is 0. The average Bonchev–Trinajstić information content (AvgIpc) is 3.33. The first-order chi connectivity index (χ1) is 12.4. The van der Waals surface area contributed by atoms with E-state index in [1.54, 1.807) is 0 Å². The molecule has 3 aliphatic heterocycles. The highest BCUT2D eigenvalue weighted by Gasteiger charge is 2.48. The van der Waals surface area contributed by atoms with E-state index in [0.717, 1.165) is 51.5 Å². The van der Waals surface area contributed by atoms with Crippen molar-refractivity contribution in [2.45, 2.75) is 50.2 Å². The van der Waals surface area contributed by atoms with Crippen LogP contribution in [0.2, 0.25) is 11.6 Å². The zero-order valence-electron chi connectivity index (χ0n) is 15.1. The lowest BCUT2D eigenvalue weighted by Crippen LogP contribution is -2.40. The topological polar surface area (TPSA) is 46.2 Å². The third-order valence-corrected chi connectivity index (χ3v) is 7.44. The van der Waals surface area contributed by atoms with E-state index in [0.29, 0.717) is 23.5 Å². The van der Waals surface area contributed by atoms with Gasteiger partial charge in [0.15, 0.2) is 0 Å². The van der Waals surface area contributed by atoms with Gasteiger partial charge >= 0.3 is 14.2 Å². The van der Waals surface area contributed by atoms with Crippen LogP contribution >= 0.6 is 0 Å². The first kappa shape index (κ1) is 17.1. The average molecular weight is 348 g/mol. The summed E-state index contributed by atoms with van der Waals surface area (Å²) in [5.74, 6) is 4.18. The van der Waals surface area contributed by atoms with Crippen LogP contribution in [0.25, 0.3) is 0 Å². The first-order valence-electron chi connectivity index (χ1n) is 10.4. The third kappa shape index (κ3) is 3.43. The van der Waals surface area contributed by atoms with Gasteiger partial charge in [-0.05, 0) is 48.1 Å². The molecule has 0 aromatic carbocycles. The molecule has 0 bridgehead atoms. The van der Waals surface area contributed by atoms with E-state index >= 15 is 0 Å². The van der Waals surface area contributed by atoms with Crippen LogP contribution in [0.1, 0.15) is 38.5 Å². The van der Waals surface area contributed by atoms with Gasteiger partial charge in [0.25, 0.3) is 0 Å². The molecule has 5 aliphatic rings. The van der Waals surface area contributed by atoms with E-state index in [9.17, 15) is 0 Å². The number of hydrogen-bond acceptors (Lipinski definition) is 5. The van der Waals surface area contributed by atoms with Crippen LogP contribution in [0.15, 0.2) is 0 Å². The summed E-state index contributed by atoms with van der Waals surface area (Å²) in [4.78, 5) is 0. The molecule has 6 unspecified atom stereocenters. The summed E-state index contributed by atoms with van der Waals surface area (Å²) in [5.41, 5.74) is 0. The molecule has 5 nitrogen and oxygen atoms in total. The van der Waals surface area contributed by atoms with Crippen LogP contribution in [-0.2, 0) is 23.4 Å². The molecule has 0 aromatic heterocycles. The summed E-state index contributed by atoms with van der Waals surface area (Å²) in [6.07, 6.45) is 7.60. The fraction of sp³-hybridized carbons (Fsp3) is 1.00. The number of rotatable bonds is 2. The molecule has 25 heavy (non-hydrogen) atoms. The molecule has 7 heteroatoms. The van der Waals surface area contributed by atoms with Crippen molar-refractivity contribution in [1.82, 2.24) is 0 Å². The maximum Gasteiger partial charge on any atom is 0.460 e. The van der Waals surface area contributed by atoms with Crippen molar-refractivity contribution in [1.29, 1.82) is 0 Å². The minimum atomic E-state index is 0.0485. The van der Waals surface area contributed by atoms with Gasteiger partial charge in [0.1, 0.15) is 0 Å². The van der Waals surface area contributed by atoms with Gasteiger partial charge in [0.2, 0.25) is 0 Å². The Morgan fingerprint density at radius 2 is 1.00 bits per heavy atom. The van der Waals surface area contributed by atoms with Crippen LogP contribution in [0, 0.1) is 23.7 Å². The van der Waals surface area contributed by atoms with E-state index < -0.39 is 0 Å². The van der Waals surface area contributed by atoms with Crippen molar-refractivity contribution >= 4 is 14.2 Å². The molecule has 0 amide bonds. The van der Waals surface area contributed by atoms with Crippen molar-refractivity contribution < 1.29 is 23.4 Å². The second kappa shape index (κ2) is 7.51. The Hall–Kier alpha value is -0.0701. The highest BCUT2D eigenvalue weighted by atomic mass is 16.6. The second-order valence-electron chi connectivity index (χ2n) is 8.75. The van der Waals surface area contributed by atoms with Crippen LogP contribution in [-0.4, -0.2) is 53.9 Å². The molecule has 3 saturated heterocycles. The van der Waals surface area contributed by atoms with Gasteiger partial charge < -0.3 is 23.4 Å². The van der Waals surface area contributed by atoms with Gasteiger partial charge in [-0.15, -0.1) is 0 Å². The van der Waals surface area contributed by atoms with E-state index in [4.69, 9.17) is 23.4 Å². The van der Waals surface area contributed by atoms with E-state index in [2.05, 4.69) is 0 Å². The van der Waals surface area contributed by atoms with Crippen molar-refractivity contribution in [3.05, 3.63) is 0 Å². The Balaban J connectivity index is 1.23. The number of ether oxygens (including phenoxy) is 1. The standard InChI is InChI=1S/C18H30B2O5/c1-3-17-13(9-15(1)19-22-5-6-23-19)11-21-12-14-10-16(2-4-18(14)17)20-24-7-8-25-20/h13-18H,1-12H2. The highest BCUT2D eigenvalue weighted by Crippen LogP contribution is 2.52. The molecule has 5 fully saturated rings. The second-order valence-corrected chi connectivity index (χ2v) is 8.75. The fourth-order valence-electron chi connectivity index (χ4n) is 6.32. The van der Waals surface area contributed by atoms with Crippen molar-refractivity contribution in [2.24, 2.45) is 23.7 Å². The van der Waals surface area contributed by atoms with Crippen LogP contribution in [0.4, 0.5) is 0 Å². The Kier molecular flexibility index (Phi) is 5.12. The van der Waals surface area contributed by atoms with Crippen molar-refractivity contribution in [2.75, 3.05) is 39.6 Å². The predicted octanol–water partition coefficient (Wildman–Crippen LogP) is 2.66. The van der Waals surface area contributed by atoms with Crippen LogP contribution < -0.4 is 0 Å². The van der Waals surface area contributed by atoms with Crippen LogP contribution in [0.3, 0.4) is 0 Å². The molecule has 138 valence electrons. The van der Waals surface area contributed by atoms with Gasteiger partial charge in [0.05, 0.1) is 26.4 Å². The fourth-order valence-corrected chi connectivity index (χ4v) is 6.32. The van der Waals surface area contributed by atoms with Crippen LogP contribution in [0.5, 0.6) is 0 Å². The lowest BCUT2D eigenvalue weighted by molar-refractivity contribution is 0.0748. The normalized spacial score (nSPS) is 45.1. The molecular weight excluding hydrogens is 318 g/mol. The summed E-state index contributed by atoms with van der Waals surface area (Å²) in [7, 11) is 0.0970. The lowest BCUT2D eigenvalue weighted by Gasteiger charge is -2.44.